The van der Waals surface area contributed by atoms with Gasteiger partial charge in [0.1, 0.15) is 0 Å². The van der Waals surface area contributed by atoms with E-state index in [0.717, 1.165) is 22.7 Å². The molecule has 0 atom stereocenters. The number of anilines is 4. The Bertz CT molecular complexity index is 1490. The number of aryl methyl sites for hydroxylation is 1. The molecule has 3 aromatic rings. The van der Waals surface area contributed by atoms with Gasteiger partial charge in [-0.25, -0.2) is 0 Å². The summed E-state index contributed by atoms with van der Waals surface area (Å²) in [7, 11) is 3.91. The smallest absolute Gasteiger partial charge is 0.0726 e. The molecule has 6 rings (SSSR count). The van der Waals surface area contributed by atoms with E-state index in [-0.39, 0.29) is 25.5 Å². The molecule has 0 aromatic heterocycles. The average molecular weight is 746 g/mol. The summed E-state index contributed by atoms with van der Waals surface area (Å²) in [6.07, 6.45) is 11.9. The first kappa shape index (κ1) is 31.7. The Morgan fingerprint density at radius 3 is 1.74 bits per heavy atom. The average Bonchev–Trinajstić information content (AvgIpc) is 3.75. The van der Waals surface area contributed by atoms with E-state index in [9.17, 15) is 5.26 Å². The molecular formula is C35H35IrN7-6. The summed E-state index contributed by atoms with van der Waals surface area (Å²) in [6.45, 7) is 14.7. The van der Waals surface area contributed by atoms with Crippen molar-refractivity contribution in [3.8, 4) is 6.07 Å². The zero-order valence-corrected chi connectivity index (χ0v) is 27.7. The first-order valence-corrected chi connectivity index (χ1v) is 13.7. The summed E-state index contributed by atoms with van der Waals surface area (Å²) in [6, 6.07) is 28.3. The van der Waals surface area contributed by atoms with Crippen molar-refractivity contribution in [3.63, 3.8) is 0 Å². The number of nitrogens with zero attached hydrogens (tertiary/aromatic N) is 7. The molecule has 0 N–H and O–H groups in total. The molecule has 3 heterocycles. The van der Waals surface area contributed by atoms with E-state index in [2.05, 4.69) is 92.7 Å². The predicted molar refractivity (Wildman–Crippen MR) is 170 cm³/mol. The molecule has 7 nitrogen and oxygen atoms in total. The van der Waals surface area contributed by atoms with Crippen LogP contribution in [-0.4, -0.2) is 23.9 Å². The number of benzene rings is 3. The maximum Gasteiger partial charge on any atom is 0.0726 e. The van der Waals surface area contributed by atoms with Crippen molar-refractivity contribution in [1.82, 2.24) is 9.80 Å². The van der Waals surface area contributed by atoms with Gasteiger partial charge >= 0.3 is 0 Å². The Morgan fingerprint density at radius 1 is 0.698 bits per heavy atom. The molecule has 3 aliphatic heterocycles. The van der Waals surface area contributed by atoms with Crippen LogP contribution in [0, 0.1) is 56.5 Å². The Kier molecular flexibility index (Phi) is 9.91. The van der Waals surface area contributed by atoms with E-state index in [1.165, 1.54) is 11.1 Å². The number of nitriles is 1. The van der Waals surface area contributed by atoms with Crippen LogP contribution < -0.4 is 19.6 Å². The fourth-order valence-corrected chi connectivity index (χ4v) is 4.43. The molecule has 0 spiro atoms. The van der Waals surface area contributed by atoms with Gasteiger partial charge in [-0.05, 0) is 56.7 Å². The third-order valence-electron chi connectivity index (χ3n) is 6.86. The molecule has 1 radical (unpaired) electrons. The first-order chi connectivity index (χ1) is 20.1. The van der Waals surface area contributed by atoms with Crippen LogP contribution >= 0.6 is 0 Å². The Hall–Kier alpha value is -4.18. The van der Waals surface area contributed by atoms with Gasteiger partial charge in [0.2, 0.25) is 0 Å². The molecule has 0 saturated carbocycles. The summed E-state index contributed by atoms with van der Waals surface area (Å²) in [5, 5.41) is 9.20. The molecule has 0 saturated heterocycles. The van der Waals surface area contributed by atoms with Crippen molar-refractivity contribution >= 4 is 22.7 Å². The van der Waals surface area contributed by atoms with E-state index in [4.69, 9.17) is 0 Å². The van der Waals surface area contributed by atoms with Crippen LogP contribution in [-0.2, 0) is 25.5 Å². The predicted octanol–water partition coefficient (Wildman–Crippen LogP) is 6.85. The maximum absolute atomic E-state index is 9.20. The van der Waals surface area contributed by atoms with Crippen LogP contribution in [0.1, 0.15) is 37.5 Å². The Morgan fingerprint density at radius 2 is 1.26 bits per heavy atom. The summed E-state index contributed by atoms with van der Waals surface area (Å²) in [5.41, 5.74) is 7.05. The van der Waals surface area contributed by atoms with Gasteiger partial charge in [-0.1, -0.05) is 33.3 Å². The van der Waals surface area contributed by atoms with E-state index in [1.54, 1.807) is 0 Å². The van der Waals surface area contributed by atoms with Gasteiger partial charge in [0, 0.05) is 20.1 Å². The molecule has 0 fully saturated rings. The second-order valence-corrected chi connectivity index (χ2v) is 11.4. The molecule has 43 heavy (non-hydrogen) atoms. The van der Waals surface area contributed by atoms with Crippen molar-refractivity contribution in [2.45, 2.75) is 33.1 Å². The van der Waals surface area contributed by atoms with Gasteiger partial charge in [0.25, 0.3) is 0 Å². The molecule has 0 amide bonds. The summed E-state index contributed by atoms with van der Waals surface area (Å²) in [5.74, 6) is 0. The monoisotopic (exact) mass is 746 g/mol. The van der Waals surface area contributed by atoms with Crippen LogP contribution in [0.25, 0.3) is 0 Å². The normalized spacial score (nSPS) is 15.6. The fraction of sp³-hybridized carbons (Fsp3) is 0.200. The second-order valence-electron chi connectivity index (χ2n) is 11.4. The topological polar surface area (TPSA) is 43.2 Å². The van der Waals surface area contributed by atoms with Gasteiger partial charge in [-0.2, -0.15) is 66.1 Å². The van der Waals surface area contributed by atoms with E-state index in [0.29, 0.717) is 5.56 Å². The van der Waals surface area contributed by atoms with Crippen LogP contribution in [0.2, 0.25) is 0 Å². The van der Waals surface area contributed by atoms with Crippen molar-refractivity contribution in [1.29, 1.82) is 5.26 Å². The SMILES string of the molecule is CN1C=CN(c2[c-]c(N3C=CN(C)[CH-]3)cc(C#N)c2)[CH-]1.Cc1c[c-]c(N2C=CN(c3[c-]ccc(C(C)(C)C)c3)[CH-]2)cc1.[Ir]. The quantitative estimate of drug-likeness (QED) is 0.271. The third-order valence-corrected chi connectivity index (χ3v) is 6.86. The molecule has 0 bridgehead atoms. The zero-order chi connectivity index (χ0) is 29.9. The molecule has 0 unspecified atom stereocenters. The van der Waals surface area contributed by atoms with Gasteiger partial charge in [-0.3, -0.25) is 0 Å². The number of rotatable bonds is 4. The summed E-state index contributed by atoms with van der Waals surface area (Å²) < 4.78 is 0. The van der Waals surface area contributed by atoms with Gasteiger partial charge in [-0.15, -0.1) is 59.8 Å². The van der Waals surface area contributed by atoms with E-state index in [1.807, 2.05) is 108 Å². The summed E-state index contributed by atoms with van der Waals surface area (Å²) in [4.78, 5) is 11.9. The zero-order valence-electron chi connectivity index (χ0n) is 25.3. The van der Waals surface area contributed by atoms with Gasteiger partial charge in [0.05, 0.1) is 6.07 Å². The minimum absolute atomic E-state index is 0. The van der Waals surface area contributed by atoms with E-state index < -0.39 is 0 Å². The Balaban J connectivity index is 0.000000193. The van der Waals surface area contributed by atoms with Crippen molar-refractivity contribution in [3.05, 3.63) is 141 Å². The molecule has 8 heteroatoms. The van der Waals surface area contributed by atoms with Gasteiger partial charge < -0.3 is 29.4 Å². The molecular weight excluding hydrogens is 711 g/mol. The van der Waals surface area contributed by atoms with Crippen LogP contribution in [0.15, 0.2) is 85.7 Å². The minimum atomic E-state index is 0. The molecule has 225 valence electrons. The standard InChI is InChI=1S/C20H21N2.C15H14N5.Ir/c1-16-8-10-18(11-9-16)21-12-13-22(15-21)19-7-5-6-17(14-19)20(2,3)4;1-17-3-5-19(11-17)14-7-13(10-16)8-15(9-14)20-6-4-18(2)12-20;/h5-6,8-10,12-15H,1-4H3;3-8,11-12H,1-2H3;/q2*-3;. The van der Waals surface area contributed by atoms with Crippen molar-refractivity contribution < 1.29 is 20.1 Å². The number of hydrogen-bond acceptors (Lipinski definition) is 7. The molecule has 3 aromatic carbocycles. The number of hydrogen-bond donors (Lipinski definition) is 0. The maximum atomic E-state index is 9.20. The second kappa shape index (κ2) is 13.4. The molecule has 0 aliphatic carbocycles. The largest absolute Gasteiger partial charge is 0.510 e. The fourth-order valence-electron chi connectivity index (χ4n) is 4.43. The Labute approximate surface area is 270 Å². The van der Waals surface area contributed by atoms with Crippen LogP contribution in [0.3, 0.4) is 0 Å². The minimum Gasteiger partial charge on any atom is -0.510 e. The first-order valence-electron chi connectivity index (χ1n) is 13.7. The van der Waals surface area contributed by atoms with Crippen LogP contribution in [0.5, 0.6) is 0 Å². The van der Waals surface area contributed by atoms with Crippen molar-refractivity contribution in [2.24, 2.45) is 0 Å². The van der Waals surface area contributed by atoms with E-state index >= 15 is 0 Å². The molecule has 3 aliphatic rings. The van der Waals surface area contributed by atoms with Gasteiger partial charge in [0.15, 0.2) is 0 Å². The summed E-state index contributed by atoms with van der Waals surface area (Å²) >= 11 is 0. The van der Waals surface area contributed by atoms with Crippen LogP contribution in [0.4, 0.5) is 22.7 Å². The van der Waals surface area contributed by atoms with Crippen molar-refractivity contribution in [2.75, 3.05) is 33.7 Å². The third kappa shape index (κ3) is 7.81.